The lowest BCUT2D eigenvalue weighted by Gasteiger charge is -2.21. The SMILES string of the molecule is CCN(CCC(=O)OC)C(=O)NCC(F)(F)F. The summed E-state index contributed by atoms with van der Waals surface area (Å²) < 4.78 is 39.9. The fourth-order valence-electron chi connectivity index (χ4n) is 1.02. The van der Waals surface area contributed by atoms with E-state index < -0.39 is 24.7 Å². The summed E-state index contributed by atoms with van der Waals surface area (Å²) in [4.78, 5) is 23.2. The van der Waals surface area contributed by atoms with E-state index in [4.69, 9.17) is 0 Å². The highest BCUT2D eigenvalue weighted by molar-refractivity contribution is 5.75. The van der Waals surface area contributed by atoms with Crippen molar-refractivity contribution in [2.45, 2.75) is 19.5 Å². The first-order valence-electron chi connectivity index (χ1n) is 4.96. The molecule has 5 nitrogen and oxygen atoms in total. The Labute approximate surface area is 96.9 Å². The van der Waals surface area contributed by atoms with Gasteiger partial charge in [0.05, 0.1) is 13.5 Å². The number of ether oxygens (including phenoxy) is 1. The first kappa shape index (κ1) is 15.5. The maximum atomic E-state index is 11.8. The van der Waals surface area contributed by atoms with Crippen LogP contribution in [-0.2, 0) is 9.53 Å². The first-order chi connectivity index (χ1) is 7.80. The summed E-state index contributed by atoms with van der Waals surface area (Å²) in [5.41, 5.74) is 0. The maximum Gasteiger partial charge on any atom is 0.405 e. The minimum Gasteiger partial charge on any atom is -0.469 e. The van der Waals surface area contributed by atoms with Gasteiger partial charge in [0.1, 0.15) is 6.54 Å². The normalized spacial score (nSPS) is 10.9. The van der Waals surface area contributed by atoms with E-state index in [-0.39, 0.29) is 19.5 Å². The number of carbonyl (C=O) groups excluding carboxylic acids is 2. The Balaban J connectivity index is 4.08. The highest BCUT2D eigenvalue weighted by atomic mass is 19.4. The summed E-state index contributed by atoms with van der Waals surface area (Å²) in [5, 5.41) is 1.73. The van der Waals surface area contributed by atoms with Crippen molar-refractivity contribution in [2.75, 3.05) is 26.7 Å². The van der Waals surface area contributed by atoms with Crippen molar-refractivity contribution in [3.05, 3.63) is 0 Å². The van der Waals surface area contributed by atoms with Crippen LogP contribution in [-0.4, -0.2) is 49.8 Å². The standard InChI is InChI=1S/C9H15F3N2O3/c1-3-14(5-4-7(15)17-2)8(16)13-6-9(10,11)12/h3-6H2,1-2H3,(H,13,16). The van der Waals surface area contributed by atoms with Gasteiger partial charge in [-0.3, -0.25) is 4.79 Å². The quantitative estimate of drug-likeness (QED) is 0.750. The predicted molar refractivity (Wildman–Crippen MR) is 53.3 cm³/mol. The van der Waals surface area contributed by atoms with E-state index in [1.54, 1.807) is 12.2 Å². The van der Waals surface area contributed by atoms with Crippen LogP contribution in [0.3, 0.4) is 0 Å². The van der Waals surface area contributed by atoms with Crippen molar-refractivity contribution in [3.63, 3.8) is 0 Å². The molecule has 0 saturated heterocycles. The number of carbonyl (C=O) groups is 2. The monoisotopic (exact) mass is 256 g/mol. The zero-order chi connectivity index (χ0) is 13.5. The van der Waals surface area contributed by atoms with Crippen LogP contribution in [0.25, 0.3) is 0 Å². The molecule has 0 aromatic rings. The molecule has 0 aliphatic carbocycles. The molecule has 0 aromatic heterocycles. The lowest BCUT2D eigenvalue weighted by Crippen LogP contribution is -2.44. The second-order valence-corrected chi connectivity index (χ2v) is 3.18. The maximum absolute atomic E-state index is 11.8. The smallest absolute Gasteiger partial charge is 0.405 e. The molecule has 0 aliphatic heterocycles. The lowest BCUT2D eigenvalue weighted by atomic mass is 10.4. The summed E-state index contributed by atoms with van der Waals surface area (Å²) in [6.45, 7) is 0.443. The van der Waals surface area contributed by atoms with Gasteiger partial charge in [0.2, 0.25) is 0 Å². The molecule has 0 spiro atoms. The number of amides is 2. The van der Waals surface area contributed by atoms with E-state index in [9.17, 15) is 22.8 Å². The number of urea groups is 1. The molecule has 0 unspecified atom stereocenters. The van der Waals surface area contributed by atoms with Crippen LogP contribution in [0.1, 0.15) is 13.3 Å². The molecule has 8 heteroatoms. The largest absolute Gasteiger partial charge is 0.469 e. The van der Waals surface area contributed by atoms with Gasteiger partial charge in [0.25, 0.3) is 0 Å². The van der Waals surface area contributed by atoms with Crippen LogP contribution in [0.15, 0.2) is 0 Å². The van der Waals surface area contributed by atoms with Crippen LogP contribution in [0.2, 0.25) is 0 Å². The van der Waals surface area contributed by atoms with Gasteiger partial charge in [0, 0.05) is 13.1 Å². The van der Waals surface area contributed by atoms with Crippen molar-refractivity contribution in [1.82, 2.24) is 10.2 Å². The molecular formula is C9H15F3N2O3. The average molecular weight is 256 g/mol. The third kappa shape index (κ3) is 7.42. The summed E-state index contributed by atoms with van der Waals surface area (Å²) in [6, 6.07) is -0.853. The molecule has 0 radical (unpaired) electrons. The molecule has 0 aromatic carbocycles. The number of nitrogens with one attached hydrogen (secondary N) is 1. The van der Waals surface area contributed by atoms with Gasteiger partial charge in [-0.2, -0.15) is 13.2 Å². The minimum absolute atomic E-state index is 0.0207. The van der Waals surface area contributed by atoms with Crippen molar-refractivity contribution >= 4 is 12.0 Å². The van der Waals surface area contributed by atoms with Gasteiger partial charge in [-0.15, -0.1) is 0 Å². The van der Waals surface area contributed by atoms with Crippen LogP contribution in [0.5, 0.6) is 0 Å². The van der Waals surface area contributed by atoms with E-state index in [0.29, 0.717) is 0 Å². The molecule has 0 saturated carbocycles. The number of hydrogen-bond donors (Lipinski definition) is 1. The Kier molecular flexibility index (Phi) is 6.37. The second-order valence-electron chi connectivity index (χ2n) is 3.18. The Morgan fingerprint density at radius 1 is 1.35 bits per heavy atom. The van der Waals surface area contributed by atoms with Crippen LogP contribution >= 0.6 is 0 Å². The summed E-state index contributed by atoms with van der Waals surface area (Å²) >= 11 is 0. The predicted octanol–water partition coefficient (Wildman–Crippen LogP) is 1.14. The summed E-state index contributed by atoms with van der Waals surface area (Å²) in [7, 11) is 1.20. The molecule has 0 rings (SSSR count). The second kappa shape index (κ2) is 6.97. The number of nitrogens with zero attached hydrogens (tertiary/aromatic N) is 1. The van der Waals surface area contributed by atoms with Gasteiger partial charge >= 0.3 is 18.2 Å². The summed E-state index contributed by atoms with van der Waals surface area (Å²) in [6.07, 6.45) is -4.50. The zero-order valence-corrected chi connectivity index (χ0v) is 9.63. The van der Waals surface area contributed by atoms with E-state index in [1.165, 1.54) is 7.11 Å². The van der Waals surface area contributed by atoms with E-state index in [2.05, 4.69) is 4.74 Å². The molecular weight excluding hydrogens is 241 g/mol. The van der Waals surface area contributed by atoms with Crippen molar-refractivity contribution in [2.24, 2.45) is 0 Å². The van der Waals surface area contributed by atoms with Gasteiger partial charge < -0.3 is 15.0 Å². The fraction of sp³-hybridized carbons (Fsp3) is 0.778. The zero-order valence-electron chi connectivity index (χ0n) is 9.63. The number of hydrogen-bond acceptors (Lipinski definition) is 3. The number of esters is 1. The molecule has 0 aliphatic rings. The van der Waals surface area contributed by atoms with E-state index >= 15 is 0 Å². The number of alkyl halides is 3. The molecule has 0 heterocycles. The lowest BCUT2D eigenvalue weighted by molar-refractivity contribution is -0.140. The Morgan fingerprint density at radius 2 is 1.94 bits per heavy atom. The topological polar surface area (TPSA) is 58.6 Å². The van der Waals surface area contributed by atoms with E-state index in [0.717, 1.165) is 4.90 Å². The Bertz CT molecular complexity index is 269. The van der Waals surface area contributed by atoms with Crippen molar-refractivity contribution in [1.29, 1.82) is 0 Å². The van der Waals surface area contributed by atoms with E-state index in [1.807, 2.05) is 0 Å². The molecule has 100 valence electrons. The third-order valence-electron chi connectivity index (χ3n) is 1.92. The van der Waals surface area contributed by atoms with Crippen molar-refractivity contribution in [3.8, 4) is 0 Å². The van der Waals surface area contributed by atoms with Gasteiger partial charge in [-0.1, -0.05) is 0 Å². The molecule has 0 atom stereocenters. The Hall–Kier alpha value is -1.47. The average Bonchev–Trinajstić information content (AvgIpc) is 2.25. The first-order valence-corrected chi connectivity index (χ1v) is 4.96. The number of rotatable bonds is 5. The van der Waals surface area contributed by atoms with Gasteiger partial charge in [0.15, 0.2) is 0 Å². The third-order valence-corrected chi connectivity index (χ3v) is 1.92. The van der Waals surface area contributed by atoms with Crippen molar-refractivity contribution < 1.29 is 27.5 Å². The molecule has 2 amide bonds. The molecule has 0 fully saturated rings. The highest BCUT2D eigenvalue weighted by Crippen LogP contribution is 2.12. The fourth-order valence-corrected chi connectivity index (χ4v) is 1.02. The molecule has 0 bridgehead atoms. The van der Waals surface area contributed by atoms with Gasteiger partial charge in [-0.25, -0.2) is 4.79 Å². The number of methoxy groups -OCH3 is 1. The minimum atomic E-state index is -4.45. The van der Waals surface area contributed by atoms with Crippen LogP contribution < -0.4 is 5.32 Å². The molecule has 17 heavy (non-hydrogen) atoms. The van der Waals surface area contributed by atoms with Crippen LogP contribution in [0, 0.1) is 0 Å². The summed E-state index contributed by atoms with van der Waals surface area (Å²) in [5.74, 6) is -0.521. The van der Waals surface area contributed by atoms with Gasteiger partial charge in [-0.05, 0) is 6.92 Å². The number of halogens is 3. The molecule has 1 N–H and O–H groups in total. The Morgan fingerprint density at radius 3 is 2.35 bits per heavy atom. The van der Waals surface area contributed by atoms with Crippen LogP contribution in [0.4, 0.5) is 18.0 Å². The highest BCUT2D eigenvalue weighted by Gasteiger charge is 2.28.